The van der Waals surface area contributed by atoms with Crippen molar-refractivity contribution in [2.45, 2.75) is 25.3 Å². The first kappa shape index (κ1) is 14.7. The van der Waals surface area contributed by atoms with Crippen molar-refractivity contribution in [3.63, 3.8) is 0 Å². The van der Waals surface area contributed by atoms with E-state index in [1.807, 2.05) is 0 Å². The van der Waals surface area contributed by atoms with Gasteiger partial charge in [-0.15, -0.1) is 0 Å². The van der Waals surface area contributed by atoms with E-state index in [1.54, 1.807) is 0 Å². The van der Waals surface area contributed by atoms with E-state index in [0.29, 0.717) is 25.8 Å². The van der Waals surface area contributed by atoms with Crippen LogP contribution in [-0.2, 0) is 4.79 Å². The molecule has 1 atom stereocenters. The molecule has 0 fully saturated rings. The van der Waals surface area contributed by atoms with Crippen LogP contribution in [0.3, 0.4) is 0 Å². The van der Waals surface area contributed by atoms with E-state index >= 15 is 0 Å². The van der Waals surface area contributed by atoms with E-state index in [0.717, 1.165) is 0 Å². The monoisotopic (exact) mass is 233 g/mol. The van der Waals surface area contributed by atoms with Gasteiger partial charge in [-0.25, -0.2) is 4.79 Å². The smallest absolute Gasteiger partial charge is 0.320 e. The summed E-state index contributed by atoms with van der Waals surface area (Å²) < 4.78 is 0. The molecule has 6 N–H and O–H groups in total. The highest BCUT2D eigenvalue weighted by Gasteiger charge is 2.09. The molecule has 0 aliphatic carbocycles. The molecule has 0 bridgehead atoms. The largest absolute Gasteiger partial charge is 0.480 e. The summed E-state index contributed by atoms with van der Waals surface area (Å²) >= 11 is 0. The van der Waals surface area contributed by atoms with E-state index in [-0.39, 0.29) is 19.2 Å². The number of carboxylic acids is 1. The van der Waals surface area contributed by atoms with E-state index in [4.69, 9.17) is 15.9 Å². The van der Waals surface area contributed by atoms with Crippen molar-refractivity contribution >= 4 is 12.0 Å². The molecule has 0 radical (unpaired) electrons. The van der Waals surface area contributed by atoms with Gasteiger partial charge in [0.25, 0.3) is 0 Å². The minimum atomic E-state index is -1.01. The average molecular weight is 233 g/mol. The van der Waals surface area contributed by atoms with Crippen molar-refractivity contribution in [2.24, 2.45) is 5.73 Å². The normalized spacial score (nSPS) is 11.9. The number of nitrogens with one attached hydrogen (secondary N) is 2. The Hall–Kier alpha value is -1.34. The van der Waals surface area contributed by atoms with Crippen LogP contribution in [0.2, 0.25) is 0 Å². The van der Waals surface area contributed by atoms with Crippen LogP contribution < -0.4 is 16.4 Å². The summed E-state index contributed by atoms with van der Waals surface area (Å²) in [7, 11) is 0. The first-order valence-electron chi connectivity index (χ1n) is 5.19. The number of carboxylic acid groups (broad SMARTS) is 1. The Bertz CT molecular complexity index is 223. The predicted octanol–water partition coefficient (Wildman–Crippen LogP) is -1.14. The second-order valence-corrected chi connectivity index (χ2v) is 3.35. The highest BCUT2D eigenvalue weighted by atomic mass is 16.4. The SMILES string of the molecule is N[C@@H](CCCCNC(=O)NCCO)C(=O)O. The summed E-state index contributed by atoms with van der Waals surface area (Å²) in [6.07, 6.45) is 1.72. The number of rotatable bonds is 8. The van der Waals surface area contributed by atoms with Gasteiger partial charge in [0.2, 0.25) is 0 Å². The third-order valence-electron chi connectivity index (χ3n) is 1.94. The first-order chi connectivity index (χ1) is 7.57. The van der Waals surface area contributed by atoms with Crippen molar-refractivity contribution < 1.29 is 19.8 Å². The van der Waals surface area contributed by atoms with E-state index in [1.165, 1.54) is 0 Å². The van der Waals surface area contributed by atoms with Crippen LogP contribution >= 0.6 is 0 Å². The molecule has 0 aromatic rings. The van der Waals surface area contributed by atoms with Crippen LogP contribution in [0, 0.1) is 0 Å². The number of aliphatic hydroxyl groups is 1. The number of aliphatic carboxylic acids is 1. The maximum atomic E-state index is 11.0. The molecule has 0 aliphatic rings. The molecule has 16 heavy (non-hydrogen) atoms. The lowest BCUT2D eigenvalue weighted by atomic mass is 10.1. The van der Waals surface area contributed by atoms with Gasteiger partial charge in [0.1, 0.15) is 6.04 Å². The van der Waals surface area contributed by atoms with Crippen LogP contribution in [0.25, 0.3) is 0 Å². The number of aliphatic hydroxyl groups excluding tert-OH is 1. The molecule has 0 heterocycles. The quantitative estimate of drug-likeness (QED) is 0.339. The second kappa shape index (κ2) is 8.93. The van der Waals surface area contributed by atoms with Crippen LogP contribution in [0.4, 0.5) is 4.79 Å². The van der Waals surface area contributed by atoms with Crippen LogP contribution in [0.1, 0.15) is 19.3 Å². The zero-order valence-corrected chi connectivity index (χ0v) is 9.11. The maximum Gasteiger partial charge on any atom is 0.320 e. The first-order valence-corrected chi connectivity index (χ1v) is 5.19. The van der Waals surface area contributed by atoms with Gasteiger partial charge in [0.15, 0.2) is 0 Å². The van der Waals surface area contributed by atoms with Gasteiger partial charge in [-0.05, 0) is 19.3 Å². The van der Waals surface area contributed by atoms with Crippen molar-refractivity contribution in [2.75, 3.05) is 19.7 Å². The molecular formula is C9H19N3O4. The van der Waals surface area contributed by atoms with Crippen LogP contribution in [0.15, 0.2) is 0 Å². The lowest BCUT2D eigenvalue weighted by Gasteiger charge is -2.07. The minimum Gasteiger partial charge on any atom is -0.480 e. The minimum absolute atomic E-state index is 0.0963. The molecule has 7 nitrogen and oxygen atoms in total. The summed E-state index contributed by atoms with van der Waals surface area (Å²) in [4.78, 5) is 21.3. The standard InChI is InChI=1S/C9H19N3O4/c10-7(8(14)15)3-1-2-4-11-9(16)12-5-6-13/h7,13H,1-6,10H2,(H,14,15)(H2,11,12,16)/t7-/m0/s1. The van der Waals surface area contributed by atoms with Crippen LogP contribution in [-0.4, -0.2) is 48.0 Å². The van der Waals surface area contributed by atoms with Gasteiger partial charge in [0.05, 0.1) is 6.61 Å². The Morgan fingerprint density at radius 3 is 2.38 bits per heavy atom. The highest BCUT2D eigenvalue weighted by Crippen LogP contribution is 1.97. The van der Waals surface area contributed by atoms with Gasteiger partial charge in [-0.2, -0.15) is 0 Å². The molecule has 0 saturated carbocycles. The predicted molar refractivity (Wildman–Crippen MR) is 57.9 cm³/mol. The Morgan fingerprint density at radius 1 is 1.19 bits per heavy atom. The zero-order chi connectivity index (χ0) is 12.4. The van der Waals surface area contributed by atoms with Gasteiger partial charge >= 0.3 is 12.0 Å². The summed E-state index contributed by atoms with van der Waals surface area (Å²) in [6, 6.07) is -1.17. The molecule has 2 amide bonds. The number of carbonyl (C=O) groups excluding carboxylic acids is 1. The highest BCUT2D eigenvalue weighted by molar-refractivity contribution is 5.73. The summed E-state index contributed by atoms with van der Waals surface area (Å²) in [5, 5.41) is 21.9. The summed E-state index contributed by atoms with van der Waals surface area (Å²) in [5.74, 6) is -1.01. The fourth-order valence-corrected chi connectivity index (χ4v) is 1.05. The van der Waals surface area contributed by atoms with Gasteiger partial charge in [0, 0.05) is 13.1 Å². The number of amides is 2. The average Bonchev–Trinajstić information content (AvgIpc) is 2.25. The molecule has 7 heteroatoms. The number of urea groups is 1. The summed E-state index contributed by atoms with van der Waals surface area (Å²) in [6.45, 7) is 0.584. The number of unbranched alkanes of at least 4 members (excludes halogenated alkanes) is 1. The van der Waals surface area contributed by atoms with Gasteiger partial charge < -0.3 is 26.6 Å². The Balaban J connectivity index is 3.33. The third kappa shape index (κ3) is 8.01. The number of carbonyl (C=O) groups is 2. The lowest BCUT2D eigenvalue weighted by molar-refractivity contribution is -0.138. The van der Waals surface area contributed by atoms with Crippen molar-refractivity contribution in [3.8, 4) is 0 Å². The van der Waals surface area contributed by atoms with E-state index in [2.05, 4.69) is 10.6 Å². The molecule has 0 spiro atoms. The maximum absolute atomic E-state index is 11.0. The molecule has 0 aliphatic heterocycles. The Morgan fingerprint density at radius 2 is 1.81 bits per heavy atom. The van der Waals surface area contributed by atoms with Crippen molar-refractivity contribution in [1.82, 2.24) is 10.6 Å². The van der Waals surface area contributed by atoms with Gasteiger partial charge in [-0.1, -0.05) is 0 Å². The van der Waals surface area contributed by atoms with Gasteiger partial charge in [-0.3, -0.25) is 4.79 Å². The topological polar surface area (TPSA) is 125 Å². The third-order valence-corrected chi connectivity index (χ3v) is 1.94. The van der Waals surface area contributed by atoms with E-state index < -0.39 is 12.0 Å². The lowest BCUT2D eigenvalue weighted by Crippen LogP contribution is -2.37. The molecule has 94 valence electrons. The van der Waals surface area contributed by atoms with Crippen molar-refractivity contribution in [1.29, 1.82) is 0 Å². The number of nitrogens with two attached hydrogens (primary N) is 1. The van der Waals surface area contributed by atoms with Crippen LogP contribution in [0.5, 0.6) is 0 Å². The molecule has 0 aromatic carbocycles. The Labute approximate surface area is 94.0 Å². The Kier molecular flexibility index (Phi) is 8.18. The molecule has 0 aromatic heterocycles. The fraction of sp³-hybridized carbons (Fsp3) is 0.778. The fourth-order valence-electron chi connectivity index (χ4n) is 1.05. The second-order valence-electron chi connectivity index (χ2n) is 3.35. The number of hydrogen-bond acceptors (Lipinski definition) is 4. The molecule has 0 unspecified atom stereocenters. The molecular weight excluding hydrogens is 214 g/mol. The summed E-state index contributed by atoms with van der Waals surface area (Å²) in [5.41, 5.74) is 5.30. The van der Waals surface area contributed by atoms with Crippen molar-refractivity contribution in [3.05, 3.63) is 0 Å². The van der Waals surface area contributed by atoms with E-state index in [9.17, 15) is 9.59 Å². The molecule has 0 rings (SSSR count). The molecule has 0 saturated heterocycles. The zero-order valence-electron chi connectivity index (χ0n) is 9.11. The number of hydrogen-bond donors (Lipinski definition) is 5.